The molecule has 21 heavy (non-hydrogen) atoms. The summed E-state index contributed by atoms with van der Waals surface area (Å²) in [5.74, 6) is 5.71. The third-order valence-electron chi connectivity index (χ3n) is 2.73. The largest absolute Gasteiger partial charge is 0.346 e. The minimum Gasteiger partial charge on any atom is -0.346 e. The first-order chi connectivity index (χ1) is 10.3. The number of carbonyl (C=O) groups is 1. The molecule has 2 heterocycles. The van der Waals surface area contributed by atoms with Gasteiger partial charge in [-0.15, -0.1) is 16.4 Å². The number of hydrogen-bond acceptors (Lipinski definition) is 6. The Kier molecular flexibility index (Phi) is 5.87. The first-order valence-corrected chi connectivity index (χ1v) is 8.26. The highest BCUT2D eigenvalue weighted by Gasteiger charge is 2.15. The number of aromatic nitrogens is 2. The van der Waals surface area contributed by atoms with Gasteiger partial charge in [0.15, 0.2) is 0 Å². The van der Waals surface area contributed by atoms with Crippen molar-refractivity contribution in [2.24, 2.45) is 5.73 Å². The maximum absolute atomic E-state index is 12.2. The average Bonchev–Trinajstić information content (AvgIpc) is 3.12. The molecule has 0 aromatic carbocycles. The number of amides is 1. The van der Waals surface area contributed by atoms with Gasteiger partial charge in [-0.1, -0.05) is 29.7 Å². The van der Waals surface area contributed by atoms with E-state index in [2.05, 4.69) is 33.7 Å². The summed E-state index contributed by atoms with van der Waals surface area (Å²) in [6.07, 6.45) is 1.71. The first-order valence-electron chi connectivity index (χ1n) is 6.61. The Morgan fingerprint density at radius 1 is 1.52 bits per heavy atom. The van der Waals surface area contributed by atoms with Crippen molar-refractivity contribution in [3.63, 3.8) is 0 Å². The fraction of sp³-hybridized carbons (Fsp3) is 0.357. The van der Waals surface area contributed by atoms with E-state index in [1.165, 1.54) is 0 Å². The van der Waals surface area contributed by atoms with Crippen LogP contribution in [0.1, 0.15) is 39.2 Å². The second kappa shape index (κ2) is 7.88. The van der Waals surface area contributed by atoms with Gasteiger partial charge in [-0.3, -0.25) is 4.79 Å². The van der Waals surface area contributed by atoms with E-state index in [1.54, 1.807) is 11.3 Å². The van der Waals surface area contributed by atoms with Crippen LogP contribution in [-0.2, 0) is 13.0 Å². The van der Waals surface area contributed by atoms with Crippen LogP contribution < -0.4 is 11.1 Å². The number of hydrogen-bond donors (Lipinski definition) is 2. The molecule has 110 valence electrons. The molecule has 0 saturated heterocycles. The molecular weight excluding hydrogens is 304 g/mol. The Balaban J connectivity index is 2.01. The topological polar surface area (TPSA) is 80.9 Å². The third-order valence-corrected chi connectivity index (χ3v) is 4.42. The van der Waals surface area contributed by atoms with E-state index in [4.69, 9.17) is 5.73 Å². The number of rotatable bonds is 5. The fourth-order valence-electron chi connectivity index (χ4n) is 1.76. The highest BCUT2D eigenvalue weighted by Crippen LogP contribution is 2.17. The smallest absolute Gasteiger partial charge is 0.265 e. The summed E-state index contributed by atoms with van der Waals surface area (Å²) in [6, 6.07) is 1.94. The maximum Gasteiger partial charge on any atom is 0.265 e. The predicted octanol–water partition coefficient (Wildman–Crippen LogP) is 1.79. The molecule has 2 aromatic heterocycles. The third kappa shape index (κ3) is 4.11. The quantitative estimate of drug-likeness (QED) is 0.823. The molecule has 0 radical (unpaired) electrons. The Morgan fingerprint density at radius 2 is 2.38 bits per heavy atom. The summed E-state index contributed by atoms with van der Waals surface area (Å²) >= 11 is 2.71. The van der Waals surface area contributed by atoms with Crippen molar-refractivity contribution >= 4 is 28.8 Å². The predicted molar refractivity (Wildman–Crippen MR) is 85.3 cm³/mol. The van der Waals surface area contributed by atoms with Crippen LogP contribution in [0.2, 0.25) is 0 Å². The Bertz CT molecular complexity index is 666. The lowest BCUT2D eigenvalue weighted by molar-refractivity contribution is 0.0954. The van der Waals surface area contributed by atoms with Crippen molar-refractivity contribution in [2.75, 3.05) is 6.54 Å². The van der Waals surface area contributed by atoms with Crippen LogP contribution in [0.5, 0.6) is 0 Å². The van der Waals surface area contributed by atoms with Crippen LogP contribution in [0, 0.1) is 11.8 Å². The molecule has 3 N–H and O–H groups in total. The lowest BCUT2D eigenvalue weighted by Crippen LogP contribution is -2.22. The summed E-state index contributed by atoms with van der Waals surface area (Å²) in [6.45, 7) is 2.83. The van der Waals surface area contributed by atoms with Crippen molar-refractivity contribution < 1.29 is 4.79 Å². The zero-order chi connectivity index (χ0) is 15.1. The summed E-state index contributed by atoms with van der Waals surface area (Å²) in [7, 11) is 0. The first kappa shape index (κ1) is 15.6. The van der Waals surface area contributed by atoms with E-state index in [1.807, 2.05) is 11.4 Å². The summed E-state index contributed by atoms with van der Waals surface area (Å²) in [5.41, 5.74) is 7.07. The van der Waals surface area contributed by atoms with Crippen molar-refractivity contribution in [3.05, 3.63) is 32.5 Å². The maximum atomic E-state index is 12.2. The molecule has 0 fully saturated rings. The van der Waals surface area contributed by atoms with Crippen molar-refractivity contribution in [1.82, 2.24) is 14.9 Å². The molecule has 0 aliphatic rings. The van der Waals surface area contributed by atoms with Gasteiger partial charge in [-0.05, 0) is 29.4 Å². The second-order valence-corrected chi connectivity index (χ2v) is 6.00. The molecule has 1 amide bonds. The van der Waals surface area contributed by atoms with Crippen LogP contribution in [0.15, 0.2) is 11.4 Å². The van der Waals surface area contributed by atoms with E-state index in [9.17, 15) is 4.79 Å². The molecule has 0 aliphatic carbocycles. The Labute approximate surface area is 131 Å². The van der Waals surface area contributed by atoms with Gasteiger partial charge in [0.1, 0.15) is 4.88 Å². The average molecular weight is 320 g/mol. The molecular formula is C14H16N4OS2. The van der Waals surface area contributed by atoms with Gasteiger partial charge in [0.05, 0.1) is 18.8 Å². The van der Waals surface area contributed by atoms with Crippen molar-refractivity contribution in [3.8, 4) is 11.8 Å². The van der Waals surface area contributed by atoms with Crippen LogP contribution in [0.4, 0.5) is 0 Å². The zero-order valence-corrected chi connectivity index (χ0v) is 13.3. The fourth-order valence-corrected chi connectivity index (χ4v) is 3.15. The van der Waals surface area contributed by atoms with Gasteiger partial charge in [-0.2, -0.15) is 0 Å². The number of aryl methyl sites for hydroxylation is 1. The molecule has 2 aromatic rings. The zero-order valence-electron chi connectivity index (χ0n) is 11.7. The minimum atomic E-state index is -0.125. The van der Waals surface area contributed by atoms with Crippen LogP contribution >= 0.6 is 22.9 Å². The Hall–Kier alpha value is -1.75. The summed E-state index contributed by atoms with van der Waals surface area (Å²) < 4.78 is 3.86. The normalized spacial score (nSPS) is 10.0. The Morgan fingerprint density at radius 3 is 3.14 bits per heavy atom. The molecule has 0 saturated carbocycles. The van der Waals surface area contributed by atoms with Crippen molar-refractivity contribution in [1.29, 1.82) is 0 Å². The standard InChI is InChI=1S/C14H16N4OS2/c1-2-4-11-13(21-18-17-11)14(19)16-9-12-10(5-3-7-15)6-8-20-12/h6,8H,2,4,7,9,15H2,1H3,(H,16,19). The van der Waals surface area contributed by atoms with E-state index < -0.39 is 0 Å². The number of nitrogens with zero attached hydrogens (tertiary/aromatic N) is 2. The molecule has 5 nitrogen and oxygen atoms in total. The SMILES string of the molecule is CCCc1nnsc1C(=O)NCc1sccc1C#CCN. The number of nitrogens with two attached hydrogens (primary N) is 1. The summed E-state index contributed by atoms with van der Waals surface area (Å²) in [5, 5.41) is 8.87. The van der Waals surface area contributed by atoms with Crippen LogP contribution in [-0.4, -0.2) is 22.0 Å². The molecule has 0 spiro atoms. The molecule has 2 rings (SSSR count). The van der Waals surface area contributed by atoms with Gasteiger partial charge in [0.2, 0.25) is 0 Å². The second-order valence-electron chi connectivity index (χ2n) is 4.24. The lowest BCUT2D eigenvalue weighted by Gasteiger charge is -2.03. The van der Waals surface area contributed by atoms with Crippen LogP contribution in [0.3, 0.4) is 0 Å². The molecule has 0 unspecified atom stereocenters. The van der Waals surface area contributed by atoms with Crippen LogP contribution in [0.25, 0.3) is 0 Å². The highest BCUT2D eigenvalue weighted by molar-refractivity contribution is 7.10. The number of thiophene rings is 1. The van der Waals surface area contributed by atoms with Gasteiger partial charge in [0.25, 0.3) is 5.91 Å². The van der Waals surface area contributed by atoms with Gasteiger partial charge in [-0.25, -0.2) is 0 Å². The van der Waals surface area contributed by atoms with E-state index >= 15 is 0 Å². The molecule has 7 heteroatoms. The lowest BCUT2D eigenvalue weighted by atomic mass is 10.2. The van der Waals surface area contributed by atoms with Gasteiger partial charge >= 0.3 is 0 Å². The van der Waals surface area contributed by atoms with Gasteiger partial charge < -0.3 is 11.1 Å². The van der Waals surface area contributed by atoms with E-state index in [0.717, 1.165) is 40.5 Å². The van der Waals surface area contributed by atoms with E-state index in [0.29, 0.717) is 18.0 Å². The van der Waals surface area contributed by atoms with Gasteiger partial charge in [0, 0.05) is 10.4 Å². The number of nitrogens with one attached hydrogen (secondary N) is 1. The molecule has 0 atom stereocenters. The monoisotopic (exact) mass is 320 g/mol. The molecule has 0 aliphatic heterocycles. The number of carbonyl (C=O) groups excluding carboxylic acids is 1. The summed E-state index contributed by atoms with van der Waals surface area (Å²) in [4.78, 5) is 13.8. The highest BCUT2D eigenvalue weighted by atomic mass is 32.1. The minimum absolute atomic E-state index is 0.125. The molecule has 0 bridgehead atoms. The van der Waals surface area contributed by atoms with Crippen molar-refractivity contribution in [2.45, 2.75) is 26.3 Å². The van der Waals surface area contributed by atoms with E-state index in [-0.39, 0.29) is 5.91 Å².